The van der Waals surface area contributed by atoms with Gasteiger partial charge in [-0.05, 0) is 24.3 Å². The van der Waals surface area contributed by atoms with E-state index in [1.165, 1.54) is 4.79 Å². The summed E-state index contributed by atoms with van der Waals surface area (Å²) in [7, 11) is 0. The van der Waals surface area contributed by atoms with Crippen molar-refractivity contribution in [3.63, 3.8) is 0 Å². The fourth-order valence-corrected chi connectivity index (χ4v) is 1.19. The van der Waals surface area contributed by atoms with Crippen LogP contribution >= 0.6 is 0 Å². The lowest BCUT2D eigenvalue weighted by Crippen LogP contribution is -2.12. The van der Waals surface area contributed by atoms with Crippen LogP contribution in [0.2, 0.25) is 0 Å². The molecule has 0 aliphatic rings. The van der Waals surface area contributed by atoms with Crippen LogP contribution in [0, 0.1) is 6.92 Å². The third kappa shape index (κ3) is 1.85. The zero-order valence-electron chi connectivity index (χ0n) is 8.21. The first-order valence-electron chi connectivity index (χ1n) is 4.51. The Kier molecular flexibility index (Phi) is 2.45. The third-order valence-corrected chi connectivity index (χ3v) is 2.05. The van der Waals surface area contributed by atoms with Crippen LogP contribution in [0.3, 0.4) is 0 Å². The SMILES string of the molecule is Cc1c(C=O)nnn1Nc1ccccc1. The molecule has 0 saturated carbocycles. The van der Waals surface area contributed by atoms with Crippen LogP contribution in [0.1, 0.15) is 16.2 Å². The van der Waals surface area contributed by atoms with Gasteiger partial charge >= 0.3 is 0 Å². The molecule has 1 aromatic heterocycles. The number of nitrogens with zero attached hydrogens (tertiary/aromatic N) is 3. The van der Waals surface area contributed by atoms with Crippen molar-refractivity contribution in [1.82, 2.24) is 15.1 Å². The van der Waals surface area contributed by atoms with E-state index in [1.807, 2.05) is 30.3 Å². The first-order valence-corrected chi connectivity index (χ1v) is 4.51. The van der Waals surface area contributed by atoms with Crippen LogP contribution in [0.5, 0.6) is 0 Å². The Labute approximate surface area is 86.7 Å². The van der Waals surface area contributed by atoms with Gasteiger partial charge in [0.2, 0.25) is 0 Å². The molecule has 0 unspecified atom stereocenters. The minimum absolute atomic E-state index is 0.346. The maximum absolute atomic E-state index is 10.5. The molecule has 15 heavy (non-hydrogen) atoms. The van der Waals surface area contributed by atoms with E-state index in [1.54, 1.807) is 6.92 Å². The van der Waals surface area contributed by atoms with E-state index in [4.69, 9.17) is 0 Å². The van der Waals surface area contributed by atoms with Crippen molar-refractivity contribution >= 4 is 12.0 Å². The standard InChI is InChI=1S/C10H10N4O/c1-8-10(7-15)11-13-14(8)12-9-5-3-2-4-6-9/h2-7,12H,1H3. The topological polar surface area (TPSA) is 59.8 Å². The lowest BCUT2D eigenvalue weighted by atomic mass is 10.3. The van der Waals surface area contributed by atoms with E-state index < -0.39 is 0 Å². The highest BCUT2D eigenvalue weighted by molar-refractivity contribution is 5.73. The summed E-state index contributed by atoms with van der Waals surface area (Å²) in [6.45, 7) is 1.78. The second-order valence-electron chi connectivity index (χ2n) is 3.07. The number of hydrogen-bond acceptors (Lipinski definition) is 4. The molecule has 0 spiro atoms. The monoisotopic (exact) mass is 202 g/mol. The maximum atomic E-state index is 10.5. The van der Waals surface area contributed by atoms with E-state index in [0.717, 1.165) is 5.69 Å². The molecule has 0 atom stereocenters. The van der Waals surface area contributed by atoms with Gasteiger partial charge in [0, 0.05) is 0 Å². The predicted molar refractivity (Wildman–Crippen MR) is 55.6 cm³/mol. The summed E-state index contributed by atoms with van der Waals surface area (Å²) in [6, 6.07) is 9.56. The van der Waals surface area contributed by atoms with Gasteiger partial charge in [-0.25, -0.2) is 0 Å². The number of para-hydroxylation sites is 1. The van der Waals surface area contributed by atoms with Gasteiger partial charge in [-0.2, -0.15) is 4.79 Å². The largest absolute Gasteiger partial charge is 0.296 e. The summed E-state index contributed by atoms with van der Waals surface area (Å²) >= 11 is 0. The first-order chi connectivity index (χ1) is 7.31. The van der Waals surface area contributed by atoms with E-state index in [9.17, 15) is 4.79 Å². The molecule has 0 radical (unpaired) electrons. The predicted octanol–water partition coefficient (Wildman–Crippen LogP) is 1.27. The highest BCUT2D eigenvalue weighted by Gasteiger charge is 2.06. The number of anilines is 1. The Morgan fingerprint density at radius 3 is 2.67 bits per heavy atom. The fraction of sp³-hybridized carbons (Fsp3) is 0.100. The van der Waals surface area contributed by atoms with Gasteiger partial charge in [0.25, 0.3) is 0 Å². The zero-order chi connectivity index (χ0) is 10.7. The van der Waals surface area contributed by atoms with Crippen molar-refractivity contribution in [2.75, 3.05) is 5.43 Å². The van der Waals surface area contributed by atoms with Crippen molar-refractivity contribution in [1.29, 1.82) is 0 Å². The van der Waals surface area contributed by atoms with Crippen molar-refractivity contribution in [2.24, 2.45) is 0 Å². The van der Waals surface area contributed by atoms with Crippen molar-refractivity contribution < 1.29 is 4.79 Å². The normalized spacial score (nSPS) is 9.93. The number of benzene rings is 1. The molecule has 0 amide bonds. The molecule has 1 heterocycles. The maximum Gasteiger partial charge on any atom is 0.172 e. The molecule has 0 bridgehead atoms. The van der Waals surface area contributed by atoms with Gasteiger partial charge in [-0.3, -0.25) is 10.2 Å². The average Bonchev–Trinajstić information content (AvgIpc) is 2.62. The van der Waals surface area contributed by atoms with Crippen molar-refractivity contribution in [2.45, 2.75) is 6.92 Å². The summed E-state index contributed by atoms with van der Waals surface area (Å²) in [5, 5.41) is 7.52. The summed E-state index contributed by atoms with van der Waals surface area (Å²) in [4.78, 5) is 12.0. The molecule has 0 aliphatic heterocycles. The highest BCUT2D eigenvalue weighted by Crippen LogP contribution is 2.07. The fourth-order valence-electron chi connectivity index (χ4n) is 1.19. The van der Waals surface area contributed by atoms with Gasteiger partial charge in [0.1, 0.15) is 0 Å². The van der Waals surface area contributed by atoms with Crippen molar-refractivity contribution in [3.8, 4) is 0 Å². The first kappa shape index (κ1) is 9.39. The Hall–Kier alpha value is -2.17. The van der Waals surface area contributed by atoms with E-state index >= 15 is 0 Å². The smallest absolute Gasteiger partial charge is 0.172 e. The molecule has 76 valence electrons. The minimum Gasteiger partial charge on any atom is -0.296 e. The molecule has 0 aliphatic carbocycles. The van der Waals surface area contributed by atoms with Crippen LogP contribution in [-0.4, -0.2) is 21.4 Å². The highest BCUT2D eigenvalue weighted by atomic mass is 16.1. The number of nitrogens with one attached hydrogen (secondary N) is 1. The summed E-state index contributed by atoms with van der Waals surface area (Å²) in [5.41, 5.74) is 4.94. The van der Waals surface area contributed by atoms with Crippen LogP contribution in [0.4, 0.5) is 5.69 Å². The number of hydrogen-bond donors (Lipinski definition) is 1. The minimum atomic E-state index is 0.346. The summed E-state index contributed by atoms with van der Waals surface area (Å²) in [5.74, 6) is 0. The molecule has 5 nitrogen and oxygen atoms in total. The second-order valence-corrected chi connectivity index (χ2v) is 3.07. The van der Waals surface area contributed by atoms with E-state index in [-0.39, 0.29) is 0 Å². The van der Waals surface area contributed by atoms with Crippen LogP contribution in [0.25, 0.3) is 0 Å². The Morgan fingerprint density at radius 1 is 1.33 bits per heavy atom. The molecule has 2 rings (SSSR count). The number of carbonyl (C=O) groups is 1. The molecule has 0 saturated heterocycles. The van der Waals surface area contributed by atoms with Gasteiger partial charge in [-0.1, -0.05) is 18.2 Å². The lowest BCUT2D eigenvalue weighted by molar-refractivity contribution is 0.111. The Bertz CT molecular complexity index is 464. The second kappa shape index (κ2) is 3.91. The quantitative estimate of drug-likeness (QED) is 0.761. The molecule has 1 aromatic carbocycles. The lowest BCUT2D eigenvalue weighted by Gasteiger charge is -2.05. The number of aromatic nitrogens is 3. The van der Waals surface area contributed by atoms with Crippen LogP contribution < -0.4 is 5.43 Å². The molecule has 5 heteroatoms. The van der Waals surface area contributed by atoms with Crippen LogP contribution in [-0.2, 0) is 0 Å². The molecule has 1 N–H and O–H groups in total. The summed E-state index contributed by atoms with van der Waals surface area (Å²) < 4.78 is 0. The molecule has 0 fully saturated rings. The van der Waals surface area contributed by atoms with E-state index in [0.29, 0.717) is 17.7 Å². The number of rotatable bonds is 3. The van der Waals surface area contributed by atoms with Crippen LogP contribution in [0.15, 0.2) is 30.3 Å². The third-order valence-electron chi connectivity index (χ3n) is 2.05. The number of carbonyl (C=O) groups excluding carboxylic acids is 1. The summed E-state index contributed by atoms with van der Waals surface area (Å²) in [6.07, 6.45) is 0.686. The van der Waals surface area contributed by atoms with Gasteiger partial charge < -0.3 is 0 Å². The van der Waals surface area contributed by atoms with Crippen molar-refractivity contribution in [3.05, 3.63) is 41.7 Å². The van der Waals surface area contributed by atoms with E-state index in [2.05, 4.69) is 15.7 Å². The van der Waals surface area contributed by atoms with Gasteiger partial charge in [0.15, 0.2) is 12.0 Å². The molecular formula is C10H10N4O. The average molecular weight is 202 g/mol. The molecular weight excluding hydrogens is 192 g/mol. The number of aldehydes is 1. The molecule has 2 aromatic rings. The Balaban J connectivity index is 2.25. The Morgan fingerprint density at radius 2 is 2.07 bits per heavy atom. The van der Waals surface area contributed by atoms with Gasteiger partial charge in [0.05, 0.1) is 11.4 Å². The van der Waals surface area contributed by atoms with Gasteiger partial charge in [-0.15, -0.1) is 5.10 Å². The zero-order valence-corrected chi connectivity index (χ0v) is 8.21.